The second kappa shape index (κ2) is 7.56. The van der Waals surface area contributed by atoms with Crippen molar-refractivity contribution in [1.29, 1.82) is 0 Å². The minimum atomic E-state index is -0.444. The number of nitrogens with zero attached hydrogens (tertiary/aromatic N) is 2. The Bertz CT molecular complexity index is 668. The predicted octanol–water partition coefficient (Wildman–Crippen LogP) is 2.94. The standard InChI is InChI=1S/C20H28N2O4/c1-3-5-15(2)22-14-20(26-19(22)25)8-10-21(11-9-20)18(24)13-16-6-4-7-17(23)12-16/h4,6-7,12,15,23H,3,5,8-11,13-14H2,1-2H3. The maximum atomic E-state index is 12.5. The molecule has 2 saturated heterocycles. The zero-order valence-corrected chi connectivity index (χ0v) is 15.6. The number of phenolic OH excluding ortho intramolecular Hbond substituents is 1. The minimum Gasteiger partial charge on any atom is -0.508 e. The molecule has 1 aromatic rings. The van der Waals surface area contributed by atoms with Gasteiger partial charge in [-0.25, -0.2) is 4.79 Å². The van der Waals surface area contributed by atoms with Crippen molar-refractivity contribution in [1.82, 2.24) is 9.80 Å². The van der Waals surface area contributed by atoms with E-state index < -0.39 is 5.60 Å². The van der Waals surface area contributed by atoms with Gasteiger partial charge in [-0.15, -0.1) is 0 Å². The number of aromatic hydroxyl groups is 1. The highest BCUT2D eigenvalue weighted by molar-refractivity contribution is 5.79. The average Bonchev–Trinajstić information content (AvgIpc) is 2.92. The van der Waals surface area contributed by atoms with Crippen LogP contribution < -0.4 is 0 Å². The van der Waals surface area contributed by atoms with Crippen molar-refractivity contribution in [3.63, 3.8) is 0 Å². The first-order valence-corrected chi connectivity index (χ1v) is 9.48. The monoisotopic (exact) mass is 360 g/mol. The Morgan fingerprint density at radius 3 is 2.73 bits per heavy atom. The third-order valence-corrected chi connectivity index (χ3v) is 5.53. The van der Waals surface area contributed by atoms with Crippen LogP contribution in [0.15, 0.2) is 24.3 Å². The molecule has 0 saturated carbocycles. The highest BCUT2D eigenvalue weighted by atomic mass is 16.6. The lowest BCUT2D eigenvalue weighted by Gasteiger charge is -2.37. The summed E-state index contributed by atoms with van der Waals surface area (Å²) in [6, 6.07) is 6.99. The van der Waals surface area contributed by atoms with Gasteiger partial charge in [0.05, 0.1) is 13.0 Å². The number of carbonyl (C=O) groups excluding carboxylic acids is 2. The first-order chi connectivity index (χ1) is 12.4. The fourth-order valence-corrected chi connectivity index (χ4v) is 3.94. The van der Waals surface area contributed by atoms with Gasteiger partial charge in [0.15, 0.2) is 0 Å². The van der Waals surface area contributed by atoms with Gasteiger partial charge in [0.2, 0.25) is 5.91 Å². The van der Waals surface area contributed by atoms with Crippen LogP contribution in [0.2, 0.25) is 0 Å². The number of piperidine rings is 1. The third kappa shape index (κ3) is 3.94. The number of phenols is 1. The van der Waals surface area contributed by atoms with E-state index in [1.54, 1.807) is 18.2 Å². The molecular weight excluding hydrogens is 332 g/mol. The van der Waals surface area contributed by atoms with Crippen LogP contribution in [0.5, 0.6) is 5.75 Å². The maximum Gasteiger partial charge on any atom is 0.410 e. The first-order valence-electron chi connectivity index (χ1n) is 9.48. The normalized spacial score (nSPS) is 20.3. The lowest BCUT2D eigenvalue weighted by atomic mass is 9.90. The molecule has 0 radical (unpaired) electrons. The summed E-state index contributed by atoms with van der Waals surface area (Å²) in [4.78, 5) is 28.5. The van der Waals surface area contributed by atoms with Gasteiger partial charge in [-0.2, -0.15) is 0 Å². The highest BCUT2D eigenvalue weighted by Crippen LogP contribution is 2.35. The van der Waals surface area contributed by atoms with Crippen molar-refractivity contribution < 1.29 is 19.4 Å². The maximum absolute atomic E-state index is 12.5. The van der Waals surface area contributed by atoms with Gasteiger partial charge in [0.25, 0.3) is 0 Å². The topological polar surface area (TPSA) is 70.1 Å². The lowest BCUT2D eigenvalue weighted by molar-refractivity contribution is -0.133. The van der Waals surface area contributed by atoms with Gasteiger partial charge < -0.3 is 19.6 Å². The summed E-state index contributed by atoms with van der Waals surface area (Å²) in [5.41, 5.74) is 0.364. The Morgan fingerprint density at radius 1 is 1.35 bits per heavy atom. The third-order valence-electron chi connectivity index (χ3n) is 5.53. The molecule has 0 aliphatic carbocycles. The molecule has 6 heteroatoms. The van der Waals surface area contributed by atoms with Gasteiger partial charge in [-0.1, -0.05) is 25.5 Å². The molecule has 6 nitrogen and oxygen atoms in total. The molecule has 1 atom stereocenters. The summed E-state index contributed by atoms with van der Waals surface area (Å²) >= 11 is 0. The van der Waals surface area contributed by atoms with Gasteiger partial charge in [-0.05, 0) is 31.0 Å². The molecule has 2 aliphatic rings. The molecule has 3 rings (SSSR count). The van der Waals surface area contributed by atoms with Crippen molar-refractivity contribution in [2.45, 2.75) is 57.6 Å². The largest absolute Gasteiger partial charge is 0.508 e. The van der Waals surface area contributed by atoms with Crippen molar-refractivity contribution in [2.24, 2.45) is 0 Å². The number of ether oxygens (including phenoxy) is 1. The molecule has 1 N–H and O–H groups in total. The summed E-state index contributed by atoms with van der Waals surface area (Å²) in [6.07, 6.45) is 3.43. The van der Waals surface area contributed by atoms with Gasteiger partial charge in [0, 0.05) is 32.0 Å². The minimum absolute atomic E-state index is 0.0472. The van der Waals surface area contributed by atoms with Gasteiger partial charge in [0.1, 0.15) is 11.4 Å². The molecular formula is C20H28N2O4. The summed E-state index contributed by atoms with van der Waals surface area (Å²) in [6.45, 7) is 6.01. The number of carbonyl (C=O) groups is 2. The first kappa shape index (κ1) is 18.5. The Balaban J connectivity index is 1.55. The van der Waals surface area contributed by atoms with E-state index in [1.165, 1.54) is 0 Å². The van der Waals surface area contributed by atoms with Crippen molar-refractivity contribution in [3.8, 4) is 5.75 Å². The van der Waals surface area contributed by atoms with E-state index >= 15 is 0 Å². The van der Waals surface area contributed by atoms with Crippen molar-refractivity contribution in [3.05, 3.63) is 29.8 Å². The number of rotatable bonds is 5. The molecule has 26 heavy (non-hydrogen) atoms. The molecule has 2 aliphatic heterocycles. The second-order valence-electron chi connectivity index (χ2n) is 7.54. The zero-order chi connectivity index (χ0) is 18.7. The van der Waals surface area contributed by atoms with Crippen LogP contribution in [0.1, 0.15) is 45.1 Å². The summed E-state index contributed by atoms with van der Waals surface area (Å²) in [5, 5.41) is 9.53. The fourth-order valence-electron chi connectivity index (χ4n) is 3.94. The summed E-state index contributed by atoms with van der Waals surface area (Å²) in [5.74, 6) is 0.220. The van der Waals surface area contributed by atoms with Crippen LogP contribution in [0, 0.1) is 0 Å². The smallest absolute Gasteiger partial charge is 0.410 e. The summed E-state index contributed by atoms with van der Waals surface area (Å²) < 4.78 is 5.75. The molecule has 2 fully saturated rings. The molecule has 1 spiro atoms. The van der Waals surface area contributed by atoms with E-state index in [9.17, 15) is 14.7 Å². The number of benzene rings is 1. The Labute approximate surface area is 154 Å². The predicted molar refractivity (Wildman–Crippen MR) is 97.9 cm³/mol. The van der Waals surface area contributed by atoms with Crippen LogP contribution in [0.4, 0.5) is 4.79 Å². The quantitative estimate of drug-likeness (QED) is 0.876. The number of hydrogen-bond donors (Lipinski definition) is 1. The van der Waals surface area contributed by atoms with Crippen LogP contribution in [-0.2, 0) is 16.0 Å². The van der Waals surface area contributed by atoms with E-state index in [2.05, 4.69) is 13.8 Å². The zero-order valence-electron chi connectivity index (χ0n) is 15.6. The Morgan fingerprint density at radius 2 is 2.08 bits per heavy atom. The van der Waals surface area contributed by atoms with Crippen LogP contribution >= 0.6 is 0 Å². The highest BCUT2D eigenvalue weighted by Gasteiger charge is 2.48. The fraction of sp³-hybridized carbons (Fsp3) is 0.600. The van der Waals surface area contributed by atoms with E-state index in [4.69, 9.17) is 4.74 Å². The molecule has 0 bridgehead atoms. The summed E-state index contributed by atoms with van der Waals surface area (Å²) in [7, 11) is 0. The number of hydrogen-bond acceptors (Lipinski definition) is 4. The number of likely N-dealkylation sites (tertiary alicyclic amines) is 1. The van der Waals surface area contributed by atoms with Crippen molar-refractivity contribution >= 4 is 12.0 Å². The Hall–Kier alpha value is -2.24. The molecule has 0 aromatic heterocycles. The average molecular weight is 360 g/mol. The molecule has 2 heterocycles. The van der Waals surface area contributed by atoms with Gasteiger partial charge in [-0.3, -0.25) is 4.79 Å². The Kier molecular flexibility index (Phi) is 5.39. The van der Waals surface area contributed by atoms with Crippen molar-refractivity contribution in [2.75, 3.05) is 19.6 Å². The number of amides is 2. The molecule has 2 amide bonds. The van der Waals surface area contributed by atoms with E-state index in [0.717, 1.165) is 18.4 Å². The van der Waals surface area contributed by atoms with E-state index in [-0.39, 0.29) is 30.2 Å². The van der Waals surface area contributed by atoms with Crippen LogP contribution in [0.3, 0.4) is 0 Å². The molecule has 1 unspecified atom stereocenters. The molecule has 142 valence electrons. The SMILES string of the molecule is CCCC(C)N1CC2(CCN(C(=O)Cc3cccc(O)c3)CC2)OC1=O. The van der Waals surface area contributed by atoms with E-state index in [1.807, 2.05) is 15.9 Å². The molecule has 1 aromatic carbocycles. The lowest BCUT2D eigenvalue weighted by Crippen LogP contribution is -2.49. The van der Waals surface area contributed by atoms with E-state index in [0.29, 0.717) is 32.5 Å². The second-order valence-corrected chi connectivity index (χ2v) is 7.54. The van der Waals surface area contributed by atoms with Crippen LogP contribution in [-0.4, -0.2) is 58.2 Å². The van der Waals surface area contributed by atoms with Crippen LogP contribution in [0.25, 0.3) is 0 Å². The van der Waals surface area contributed by atoms with Gasteiger partial charge >= 0.3 is 6.09 Å².